The quantitative estimate of drug-likeness (QED) is 0.237. The first-order valence-electron chi connectivity index (χ1n) is 14.2. The maximum atomic E-state index is 14.3. The van der Waals surface area contributed by atoms with Crippen molar-refractivity contribution in [3.8, 4) is 0 Å². The van der Waals surface area contributed by atoms with E-state index < -0.39 is 41.9 Å². The van der Waals surface area contributed by atoms with Crippen molar-refractivity contribution < 1.29 is 24.3 Å². The molecular weight excluding hydrogens is 564 g/mol. The van der Waals surface area contributed by atoms with Gasteiger partial charge in [-0.25, -0.2) is 14.5 Å². The number of carboxylic acid groups (broad SMARTS) is 1. The van der Waals surface area contributed by atoms with Gasteiger partial charge >= 0.3 is 12.0 Å². The summed E-state index contributed by atoms with van der Waals surface area (Å²) in [6.45, 7) is 4.24. The number of fused-ring (bicyclic) bond motifs is 4. The van der Waals surface area contributed by atoms with Crippen LogP contribution in [0.2, 0.25) is 0 Å². The van der Waals surface area contributed by atoms with Crippen LogP contribution in [-0.4, -0.2) is 62.9 Å². The average molecular weight is 597 g/mol. The summed E-state index contributed by atoms with van der Waals surface area (Å²) in [6.07, 6.45) is 2.07. The van der Waals surface area contributed by atoms with Gasteiger partial charge in [-0.1, -0.05) is 68.4 Å². The van der Waals surface area contributed by atoms with Crippen molar-refractivity contribution in [1.82, 2.24) is 15.2 Å². The number of thioether (sulfide) groups is 1. The maximum absolute atomic E-state index is 14.3. The Balaban J connectivity index is 1.43. The van der Waals surface area contributed by atoms with E-state index in [0.29, 0.717) is 12.3 Å². The molecule has 10 heteroatoms. The number of amides is 4. The number of H-pyrrole nitrogens is 1. The summed E-state index contributed by atoms with van der Waals surface area (Å²) < 4.78 is 0. The third kappa shape index (κ3) is 4.85. The topological polar surface area (TPSA) is 123 Å². The molecule has 1 aromatic heterocycles. The summed E-state index contributed by atoms with van der Waals surface area (Å²) in [7, 11) is 0. The van der Waals surface area contributed by atoms with Crippen LogP contribution in [0.4, 0.5) is 10.5 Å². The lowest BCUT2D eigenvalue weighted by atomic mass is 9.88. The van der Waals surface area contributed by atoms with E-state index in [1.807, 2.05) is 36.4 Å². The van der Waals surface area contributed by atoms with E-state index in [9.17, 15) is 24.3 Å². The molecule has 1 unspecified atom stereocenters. The normalized spacial score (nSPS) is 18.6. The van der Waals surface area contributed by atoms with Crippen LogP contribution in [0.5, 0.6) is 0 Å². The van der Waals surface area contributed by atoms with Crippen molar-refractivity contribution >= 4 is 52.2 Å². The summed E-state index contributed by atoms with van der Waals surface area (Å²) in [4.78, 5) is 59.8. The zero-order valence-electron chi connectivity index (χ0n) is 24.0. The van der Waals surface area contributed by atoms with E-state index >= 15 is 0 Å². The minimum absolute atomic E-state index is 0.0539. The number of para-hydroxylation sites is 2. The second-order valence-corrected chi connectivity index (χ2v) is 12.1. The number of aromatic nitrogens is 1. The van der Waals surface area contributed by atoms with Crippen LogP contribution in [0, 0.1) is 0 Å². The Morgan fingerprint density at radius 2 is 1.72 bits per heavy atom. The first-order chi connectivity index (χ1) is 20.7. The third-order valence-corrected chi connectivity index (χ3v) is 8.96. The van der Waals surface area contributed by atoms with Gasteiger partial charge in [-0.15, -0.1) is 0 Å². The number of nitrogens with zero attached hydrogens (tertiary/aromatic N) is 2. The summed E-state index contributed by atoms with van der Waals surface area (Å²) in [5.74, 6) is -1.75. The summed E-state index contributed by atoms with van der Waals surface area (Å²) in [6, 6.07) is 19.4. The van der Waals surface area contributed by atoms with Gasteiger partial charge in [-0.2, -0.15) is 11.8 Å². The molecule has 0 saturated carbocycles. The van der Waals surface area contributed by atoms with Gasteiger partial charge in [0.2, 0.25) is 0 Å². The van der Waals surface area contributed by atoms with E-state index in [1.165, 1.54) is 23.4 Å². The molecule has 1 fully saturated rings. The number of anilines is 1. The maximum Gasteiger partial charge on any atom is 0.332 e. The molecule has 3 aromatic carbocycles. The Kier molecular flexibility index (Phi) is 7.47. The van der Waals surface area contributed by atoms with Crippen LogP contribution >= 0.6 is 11.8 Å². The highest BCUT2D eigenvalue weighted by atomic mass is 32.2. The van der Waals surface area contributed by atoms with Crippen molar-refractivity contribution in [3.05, 3.63) is 101 Å². The summed E-state index contributed by atoms with van der Waals surface area (Å²) >= 11 is 1.29. The number of aromatic amines is 1. The number of hydrogen-bond acceptors (Lipinski definition) is 5. The van der Waals surface area contributed by atoms with E-state index in [4.69, 9.17) is 0 Å². The Bertz CT molecular complexity index is 1750. The highest BCUT2D eigenvalue weighted by molar-refractivity contribution is 7.98. The van der Waals surface area contributed by atoms with Crippen LogP contribution < -0.4 is 10.2 Å². The number of aliphatic carboxylic acids is 1. The standard InChI is InChI=1S/C33H32N4O5S/c1-18(2)19-12-14-20(15-13-19)29-28-23(21-8-4-6-10-24(21)34-28)16-27-31(39)37(33(42)36(27)29)26-11-7-5-9-22(26)30(38)35-25(17-43-3)32(40)41/h4-15,18,25,27,29,34H,16-17H2,1-3H3,(H,35,38)(H,40,41)/t25-,27-,29?/m0/s1. The van der Waals surface area contributed by atoms with Crippen molar-refractivity contribution in [2.75, 3.05) is 16.9 Å². The molecule has 4 aromatic rings. The van der Waals surface area contributed by atoms with Crippen LogP contribution in [0.3, 0.4) is 0 Å². The largest absolute Gasteiger partial charge is 0.480 e. The Hall–Kier alpha value is -4.57. The minimum Gasteiger partial charge on any atom is -0.480 e. The molecule has 2 aliphatic rings. The molecule has 0 bridgehead atoms. The average Bonchev–Trinajstić information content (AvgIpc) is 3.49. The lowest BCUT2D eigenvalue weighted by molar-refractivity contribution is -0.138. The van der Waals surface area contributed by atoms with Gasteiger partial charge in [-0.3, -0.25) is 14.5 Å². The predicted octanol–water partition coefficient (Wildman–Crippen LogP) is 5.32. The molecule has 220 valence electrons. The second-order valence-electron chi connectivity index (χ2n) is 11.2. The number of carbonyl (C=O) groups excluding carboxylic acids is 3. The highest BCUT2D eigenvalue weighted by Crippen LogP contribution is 2.45. The number of rotatable bonds is 8. The molecule has 3 N–H and O–H groups in total. The molecule has 0 radical (unpaired) electrons. The van der Waals surface area contributed by atoms with Crippen LogP contribution in [0.1, 0.15) is 58.5 Å². The van der Waals surface area contributed by atoms with E-state index in [2.05, 4.69) is 36.3 Å². The lowest BCUT2D eigenvalue weighted by Crippen LogP contribution is -2.44. The molecule has 0 aliphatic carbocycles. The number of carboxylic acids is 1. The number of benzene rings is 3. The Morgan fingerprint density at radius 3 is 2.42 bits per heavy atom. The zero-order chi connectivity index (χ0) is 30.4. The lowest BCUT2D eigenvalue weighted by Gasteiger charge is -2.36. The molecule has 3 atom stereocenters. The number of nitrogens with one attached hydrogen (secondary N) is 2. The minimum atomic E-state index is -1.16. The van der Waals surface area contributed by atoms with Gasteiger partial charge in [0.15, 0.2) is 0 Å². The second kappa shape index (κ2) is 11.3. The van der Waals surface area contributed by atoms with Gasteiger partial charge in [0.25, 0.3) is 11.8 Å². The molecule has 6 rings (SSSR count). The molecule has 1 saturated heterocycles. The highest BCUT2D eigenvalue weighted by Gasteiger charge is 2.53. The SMILES string of the molecule is CSC[C@H](NC(=O)c1ccccc1N1C(=O)[C@@H]2Cc3c([nH]c4ccccc34)C(c3ccc(C(C)C)cc3)N2C1=O)C(=O)O. The number of urea groups is 1. The fourth-order valence-corrected chi connectivity index (χ4v) is 6.70. The van der Waals surface area contributed by atoms with E-state index in [1.54, 1.807) is 29.4 Å². The molecule has 9 nitrogen and oxygen atoms in total. The number of carbonyl (C=O) groups is 4. The molecule has 43 heavy (non-hydrogen) atoms. The molecule has 0 spiro atoms. The monoisotopic (exact) mass is 596 g/mol. The van der Waals surface area contributed by atoms with Crippen molar-refractivity contribution in [2.24, 2.45) is 0 Å². The molecule has 3 heterocycles. The third-order valence-electron chi connectivity index (χ3n) is 8.29. The van der Waals surface area contributed by atoms with E-state index in [0.717, 1.165) is 32.6 Å². The van der Waals surface area contributed by atoms with Gasteiger partial charge in [-0.05, 0) is 47.1 Å². The van der Waals surface area contributed by atoms with Gasteiger partial charge in [0.05, 0.1) is 11.3 Å². The van der Waals surface area contributed by atoms with Gasteiger partial charge < -0.3 is 15.4 Å². The van der Waals surface area contributed by atoms with Crippen molar-refractivity contribution in [3.63, 3.8) is 0 Å². The predicted molar refractivity (Wildman–Crippen MR) is 167 cm³/mol. The molecular formula is C33H32N4O5S. The first kappa shape index (κ1) is 28.5. The van der Waals surface area contributed by atoms with E-state index in [-0.39, 0.29) is 17.0 Å². The van der Waals surface area contributed by atoms with Crippen molar-refractivity contribution in [2.45, 2.75) is 44.3 Å². The number of hydrogen-bond donors (Lipinski definition) is 3. The van der Waals surface area contributed by atoms with Crippen molar-refractivity contribution in [1.29, 1.82) is 0 Å². The number of imide groups is 1. The van der Waals surface area contributed by atoms with Gasteiger partial charge in [0, 0.05) is 28.8 Å². The van der Waals surface area contributed by atoms with Crippen LogP contribution in [0.25, 0.3) is 10.9 Å². The summed E-state index contributed by atoms with van der Waals surface area (Å²) in [5.41, 5.74) is 5.01. The summed E-state index contributed by atoms with van der Waals surface area (Å²) in [5, 5.41) is 13.1. The van der Waals surface area contributed by atoms with Gasteiger partial charge in [0.1, 0.15) is 18.1 Å². The first-order valence-corrected chi connectivity index (χ1v) is 15.6. The fraction of sp³-hybridized carbons (Fsp3) is 0.273. The Labute approximate surface area is 253 Å². The van der Waals surface area contributed by atoms with Crippen LogP contribution in [0.15, 0.2) is 72.8 Å². The molecule has 2 aliphatic heterocycles. The smallest absolute Gasteiger partial charge is 0.332 e. The van der Waals surface area contributed by atoms with Crippen LogP contribution in [-0.2, 0) is 16.0 Å². The zero-order valence-corrected chi connectivity index (χ0v) is 24.9. The Morgan fingerprint density at radius 1 is 1.02 bits per heavy atom. The molecule has 4 amide bonds. The fourth-order valence-electron chi connectivity index (χ4n) is 6.14.